The van der Waals surface area contributed by atoms with E-state index in [1.165, 1.54) is 0 Å². The second-order valence-electron chi connectivity index (χ2n) is 2.57. The normalized spacial score (nSPS) is 19.6. The van der Waals surface area contributed by atoms with Gasteiger partial charge in [0.2, 0.25) is 0 Å². The number of alkyl halides is 2. The first kappa shape index (κ1) is 12.7. The summed E-state index contributed by atoms with van der Waals surface area (Å²) in [5.74, 6) is -4.06. The minimum Gasteiger partial charge on any atom is -0.394 e. The molecule has 0 aromatic rings. The molecule has 0 aliphatic carbocycles. The molecule has 0 aliphatic rings. The monoisotopic (exact) mass is 202 g/mol. The Kier molecular flexibility index (Phi) is 4.65. The maximum atomic E-state index is 12.7. The van der Waals surface area contributed by atoms with Crippen LogP contribution >= 0.6 is 0 Å². The third kappa shape index (κ3) is 2.82. The lowest BCUT2D eigenvalue weighted by molar-refractivity contribution is -0.214. The van der Waals surface area contributed by atoms with Gasteiger partial charge in [0.25, 0.3) is 0 Å². The minimum atomic E-state index is -4.06. The average Bonchev–Trinajstić information content (AvgIpc) is 2.13. The molecular formula is C6H12F2O5. The lowest BCUT2D eigenvalue weighted by Crippen LogP contribution is -2.52. The average molecular weight is 202 g/mol. The van der Waals surface area contributed by atoms with Gasteiger partial charge in [-0.05, 0) is 0 Å². The van der Waals surface area contributed by atoms with Crippen molar-refractivity contribution >= 4 is 0 Å². The van der Waals surface area contributed by atoms with Gasteiger partial charge < -0.3 is 25.5 Å². The van der Waals surface area contributed by atoms with Crippen LogP contribution in [0.15, 0.2) is 0 Å². The quantitative estimate of drug-likeness (QED) is 0.345. The summed E-state index contributed by atoms with van der Waals surface area (Å²) in [5, 5.41) is 42.3. The van der Waals surface area contributed by atoms with Crippen LogP contribution in [0.3, 0.4) is 0 Å². The summed E-state index contributed by atoms with van der Waals surface area (Å²) in [6.45, 7) is -2.31. The van der Waals surface area contributed by atoms with Crippen molar-refractivity contribution in [2.24, 2.45) is 0 Å². The van der Waals surface area contributed by atoms with E-state index in [4.69, 9.17) is 25.5 Å². The molecule has 5 nitrogen and oxygen atoms in total. The molecule has 0 rings (SSSR count). The second-order valence-corrected chi connectivity index (χ2v) is 2.57. The fourth-order valence-electron chi connectivity index (χ4n) is 0.675. The molecule has 0 spiro atoms. The molecule has 3 unspecified atom stereocenters. The molecule has 80 valence electrons. The highest BCUT2D eigenvalue weighted by Gasteiger charge is 2.48. The molecule has 0 aliphatic heterocycles. The van der Waals surface area contributed by atoms with E-state index in [2.05, 4.69) is 0 Å². The molecule has 0 radical (unpaired) electrons. The molecule has 0 amide bonds. The Morgan fingerprint density at radius 1 is 1.00 bits per heavy atom. The molecule has 0 aromatic heterocycles. The van der Waals surface area contributed by atoms with Gasteiger partial charge in [-0.1, -0.05) is 0 Å². The van der Waals surface area contributed by atoms with Gasteiger partial charge in [-0.3, -0.25) is 0 Å². The Morgan fingerprint density at radius 2 is 1.46 bits per heavy atom. The van der Waals surface area contributed by atoms with E-state index in [0.717, 1.165) is 0 Å². The van der Waals surface area contributed by atoms with Crippen molar-refractivity contribution in [1.82, 2.24) is 0 Å². The van der Waals surface area contributed by atoms with Crippen LogP contribution in [0, 0.1) is 0 Å². The first-order valence-corrected chi connectivity index (χ1v) is 3.51. The third-order valence-corrected chi connectivity index (χ3v) is 1.56. The van der Waals surface area contributed by atoms with E-state index in [9.17, 15) is 8.78 Å². The Balaban J connectivity index is 4.42. The highest BCUT2D eigenvalue weighted by Crippen LogP contribution is 2.25. The number of aliphatic hydroxyl groups excluding tert-OH is 5. The minimum absolute atomic E-state index is 1.06. The van der Waals surface area contributed by atoms with Crippen molar-refractivity contribution in [3.8, 4) is 0 Å². The first-order chi connectivity index (χ1) is 5.87. The number of aliphatic hydroxyl groups is 5. The fraction of sp³-hybridized carbons (Fsp3) is 1.00. The molecule has 7 heteroatoms. The lowest BCUT2D eigenvalue weighted by atomic mass is 10.0. The Morgan fingerprint density at radius 3 is 1.77 bits per heavy atom. The van der Waals surface area contributed by atoms with Gasteiger partial charge in [0.05, 0.1) is 13.2 Å². The highest BCUT2D eigenvalue weighted by atomic mass is 19.3. The van der Waals surface area contributed by atoms with Gasteiger partial charge in [-0.2, -0.15) is 0 Å². The molecule has 0 fully saturated rings. The van der Waals surface area contributed by atoms with Crippen molar-refractivity contribution in [3.05, 3.63) is 0 Å². The number of halogens is 2. The van der Waals surface area contributed by atoms with Crippen molar-refractivity contribution in [2.75, 3.05) is 13.2 Å². The molecule has 0 saturated carbocycles. The number of hydrogen-bond acceptors (Lipinski definition) is 5. The molecule has 0 bridgehead atoms. The van der Waals surface area contributed by atoms with Crippen molar-refractivity contribution < 1.29 is 34.3 Å². The molecule has 0 heterocycles. The molecule has 3 atom stereocenters. The summed E-state index contributed by atoms with van der Waals surface area (Å²) < 4.78 is 25.4. The van der Waals surface area contributed by atoms with Gasteiger partial charge in [0.15, 0.2) is 0 Å². The van der Waals surface area contributed by atoms with Crippen LogP contribution in [0.5, 0.6) is 0 Å². The summed E-state index contributed by atoms with van der Waals surface area (Å²) >= 11 is 0. The van der Waals surface area contributed by atoms with E-state index in [0.29, 0.717) is 0 Å². The predicted octanol–water partition coefficient (Wildman–Crippen LogP) is -2.31. The molecule has 0 aromatic carbocycles. The van der Waals surface area contributed by atoms with E-state index < -0.39 is 37.4 Å². The van der Waals surface area contributed by atoms with Crippen LogP contribution in [0.1, 0.15) is 0 Å². The zero-order valence-corrected chi connectivity index (χ0v) is 6.64. The Bertz CT molecular complexity index is 154. The second kappa shape index (κ2) is 4.77. The van der Waals surface area contributed by atoms with Gasteiger partial charge in [0.1, 0.15) is 18.3 Å². The zero-order valence-electron chi connectivity index (χ0n) is 6.64. The largest absolute Gasteiger partial charge is 0.394 e. The van der Waals surface area contributed by atoms with E-state index in [1.54, 1.807) is 0 Å². The van der Waals surface area contributed by atoms with Crippen molar-refractivity contribution in [2.45, 2.75) is 24.2 Å². The maximum absolute atomic E-state index is 12.7. The molecule has 13 heavy (non-hydrogen) atoms. The number of rotatable bonds is 5. The van der Waals surface area contributed by atoms with Crippen LogP contribution in [-0.2, 0) is 0 Å². The Hall–Kier alpha value is -0.340. The van der Waals surface area contributed by atoms with Crippen LogP contribution in [0.2, 0.25) is 0 Å². The van der Waals surface area contributed by atoms with E-state index in [1.807, 2.05) is 0 Å². The summed E-state index contributed by atoms with van der Waals surface area (Å²) in [7, 11) is 0. The van der Waals surface area contributed by atoms with Gasteiger partial charge in [-0.25, -0.2) is 8.78 Å². The van der Waals surface area contributed by atoms with Gasteiger partial charge >= 0.3 is 5.92 Å². The summed E-state index contributed by atoms with van der Waals surface area (Å²) in [4.78, 5) is 0. The van der Waals surface area contributed by atoms with Gasteiger partial charge in [-0.15, -0.1) is 0 Å². The van der Waals surface area contributed by atoms with Gasteiger partial charge in [0, 0.05) is 0 Å². The van der Waals surface area contributed by atoms with Crippen molar-refractivity contribution in [3.63, 3.8) is 0 Å². The number of hydrogen-bond donors (Lipinski definition) is 5. The van der Waals surface area contributed by atoms with Crippen LogP contribution in [-0.4, -0.2) is 63.0 Å². The molecule has 5 N–H and O–H groups in total. The molecule has 0 saturated heterocycles. The molecular weight excluding hydrogens is 190 g/mol. The van der Waals surface area contributed by atoms with E-state index >= 15 is 0 Å². The lowest BCUT2D eigenvalue weighted by Gasteiger charge is -2.28. The maximum Gasteiger partial charge on any atom is 0.303 e. The fourth-order valence-corrected chi connectivity index (χ4v) is 0.675. The van der Waals surface area contributed by atoms with Crippen LogP contribution in [0.25, 0.3) is 0 Å². The summed E-state index contributed by atoms with van der Waals surface area (Å²) in [6.07, 6.45) is -7.14. The van der Waals surface area contributed by atoms with E-state index in [-0.39, 0.29) is 0 Å². The first-order valence-electron chi connectivity index (χ1n) is 3.51. The SMILES string of the molecule is OCC(O)C(O)C(F)(F)C(O)CO. The predicted molar refractivity (Wildman–Crippen MR) is 37.1 cm³/mol. The summed E-state index contributed by atoms with van der Waals surface area (Å²) in [6, 6.07) is 0. The topological polar surface area (TPSA) is 101 Å². The van der Waals surface area contributed by atoms with Crippen LogP contribution in [0.4, 0.5) is 8.78 Å². The summed E-state index contributed by atoms with van der Waals surface area (Å²) in [5.41, 5.74) is 0. The highest BCUT2D eigenvalue weighted by molar-refractivity contribution is 4.87. The standard InChI is InChI=1S/C6H12F2O5/c7-6(8,4(12)2-10)5(13)3(11)1-9/h3-5,9-13H,1-2H2. The Labute approximate surface area is 72.9 Å². The van der Waals surface area contributed by atoms with Crippen LogP contribution < -0.4 is 0 Å². The van der Waals surface area contributed by atoms with Crippen molar-refractivity contribution in [1.29, 1.82) is 0 Å². The zero-order chi connectivity index (χ0) is 10.6. The smallest absolute Gasteiger partial charge is 0.303 e. The third-order valence-electron chi connectivity index (χ3n) is 1.56.